The molecule has 3 heteroatoms. The van der Waals surface area contributed by atoms with Gasteiger partial charge in [-0.05, 0) is 43.9 Å². The Morgan fingerprint density at radius 2 is 1.82 bits per heavy atom. The zero-order valence-electron chi connectivity index (χ0n) is 11.7. The first-order chi connectivity index (χ1) is 7.93. The Balaban J connectivity index is 2.21. The Labute approximate surface area is 105 Å². The van der Waals surface area contributed by atoms with Gasteiger partial charge in [0.05, 0.1) is 13.2 Å². The van der Waals surface area contributed by atoms with Crippen molar-refractivity contribution in [3.05, 3.63) is 0 Å². The van der Waals surface area contributed by atoms with E-state index in [1.807, 2.05) is 6.92 Å². The van der Waals surface area contributed by atoms with Crippen LogP contribution in [0.1, 0.15) is 53.4 Å². The molecule has 0 heterocycles. The maximum atomic E-state index is 11.2. The topological polar surface area (TPSA) is 38.3 Å². The van der Waals surface area contributed by atoms with Gasteiger partial charge in [0, 0.05) is 6.04 Å². The highest BCUT2D eigenvalue weighted by molar-refractivity contribution is 5.71. The largest absolute Gasteiger partial charge is 0.465 e. The maximum absolute atomic E-state index is 11.2. The van der Waals surface area contributed by atoms with Gasteiger partial charge in [-0.2, -0.15) is 0 Å². The number of ether oxygens (including phenoxy) is 1. The molecular weight excluding hydrogens is 214 g/mol. The molecule has 1 saturated carbocycles. The molecule has 0 radical (unpaired) electrons. The van der Waals surface area contributed by atoms with E-state index in [2.05, 4.69) is 26.1 Å². The first kappa shape index (κ1) is 14.5. The Bertz CT molecular complexity index is 237. The van der Waals surface area contributed by atoms with E-state index in [9.17, 15) is 4.79 Å². The van der Waals surface area contributed by atoms with E-state index >= 15 is 0 Å². The highest BCUT2D eigenvalue weighted by atomic mass is 16.5. The molecule has 1 rings (SSSR count). The molecule has 0 aromatic rings. The van der Waals surface area contributed by atoms with E-state index in [1.165, 1.54) is 25.7 Å². The fourth-order valence-electron chi connectivity index (χ4n) is 2.60. The molecule has 0 unspecified atom stereocenters. The van der Waals surface area contributed by atoms with Crippen molar-refractivity contribution in [2.24, 2.45) is 11.3 Å². The summed E-state index contributed by atoms with van der Waals surface area (Å²) in [7, 11) is 0. The lowest BCUT2D eigenvalue weighted by molar-refractivity contribution is -0.142. The summed E-state index contributed by atoms with van der Waals surface area (Å²) in [5.41, 5.74) is 0.423. The molecule has 0 aliphatic heterocycles. The Morgan fingerprint density at radius 1 is 1.24 bits per heavy atom. The molecule has 0 aromatic heterocycles. The molecule has 100 valence electrons. The molecule has 1 fully saturated rings. The zero-order chi connectivity index (χ0) is 12.9. The van der Waals surface area contributed by atoms with E-state index in [1.54, 1.807) is 0 Å². The van der Waals surface area contributed by atoms with Crippen molar-refractivity contribution in [3.8, 4) is 0 Å². The van der Waals surface area contributed by atoms with Crippen LogP contribution in [0.25, 0.3) is 0 Å². The lowest BCUT2D eigenvalue weighted by Gasteiger charge is -2.37. The van der Waals surface area contributed by atoms with Gasteiger partial charge in [-0.15, -0.1) is 0 Å². The lowest BCUT2D eigenvalue weighted by Crippen LogP contribution is -2.39. The van der Waals surface area contributed by atoms with Gasteiger partial charge in [0.2, 0.25) is 0 Å². The minimum Gasteiger partial charge on any atom is -0.465 e. The molecule has 17 heavy (non-hydrogen) atoms. The SMILES string of the molecule is CCOC(=O)CNC1CCC(C(C)(C)C)CC1. The van der Waals surface area contributed by atoms with Gasteiger partial charge in [-0.3, -0.25) is 4.79 Å². The number of rotatable bonds is 4. The third-order valence-corrected chi connectivity index (χ3v) is 3.79. The average molecular weight is 241 g/mol. The number of carbonyl (C=O) groups excluding carboxylic acids is 1. The van der Waals surface area contributed by atoms with Crippen molar-refractivity contribution in [2.45, 2.75) is 59.4 Å². The van der Waals surface area contributed by atoms with Crippen molar-refractivity contribution in [3.63, 3.8) is 0 Å². The monoisotopic (exact) mass is 241 g/mol. The highest BCUT2D eigenvalue weighted by Crippen LogP contribution is 2.37. The summed E-state index contributed by atoms with van der Waals surface area (Å²) in [5.74, 6) is 0.689. The van der Waals surface area contributed by atoms with Gasteiger partial charge in [-0.25, -0.2) is 0 Å². The Kier molecular flexibility index (Phi) is 5.44. The highest BCUT2D eigenvalue weighted by Gasteiger charge is 2.29. The smallest absolute Gasteiger partial charge is 0.319 e. The van der Waals surface area contributed by atoms with Crippen molar-refractivity contribution < 1.29 is 9.53 Å². The third-order valence-electron chi connectivity index (χ3n) is 3.79. The molecule has 1 N–H and O–H groups in total. The van der Waals surface area contributed by atoms with Crippen LogP contribution in [-0.2, 0) is 9.53 Å². The minimum atomic E-state index is -0.134. The van der Waals surface area contributed by atoms with Gasteiger partial charge in [0.25, 0.3) is 0 Å². The summed E-state index contributed by atoms with van der Waals surface area (Å²) in [4.78, 5) is 11.2. The molecule has 0 atom stereocenters. The van der Waals surface area contributed by atoms with Gasteiger partial charge in [0.15, 0.2) is 0 Å². The van der Waals surface area contributed by atoms with Crippen molar-refractivity contribution in [1.29, 1.82) is 0 Å². The van der Waals surface area contributed by atoms with Crippen molar-refractivity contribution in [1.82, 2.24) is 5.32 Å². The van der Waals surface area contributed by atoms with Crippen molar-refractivity contribution in [2.75, 3.05) is 13.2 Å². The lowest BCUT2D eigenvalue weighted by atomic mass is 9.71. The summed E-state index contributed by atoms with van der Waals surface area (Å²) < 4.78 is 4.91. The van der Waals surface area contributed by atoms with E-state index in [-0.39, 0.29) is 5.97 Å². The van der Waals surface area contributed by atoms with Crippen LogP contribution < -0.4 is 5.32 Å². The molecule has 0 amide bonds. The number of carbonyl (C=O) groups is 1. The van der Waals surface area contributed by atoms with Gasteiger partial charge < -0.3 is 10.1 Å². The van der Waals surface area contributed by atoms with Gasteiger partial charge in [0.1, 0.15) is 0 Å². The summed E-state index contributed by atoms with van der Waals surface area (Å²) in [6, 6.07) is 0.498. The van der Waals surface area contributed by atoms with Crippen LogP contribution in [0.3, 0.4) is 0 Å². The standard InChI is InChI=1S/C14H27NO2/c1-5-17-13(16)10-15-12-8-6-11(7-9-12)14(2,3)4/h11-12,15H,5-10H2,1-4H3. The summed E-state index contributed by atoms with van der Waals surface area (Å²) >= 11 is 0. The van der Waals surface area contributed by atoms with Crippen LogP contribution in [0.5, 0.6) is 0 Å². The van der Waals surface area contributed by atoms with Crippen LogP contribution in [-0.4, -0.2) is 25.2 Å². The molecule has 1 aliphatic rings. The Hall–Kier alpha value is -0.570. The molecule has 0 bridgehead atoms. The van der Waals surface area contributed by atoms with Gasteiger partial charge in [-0.1, -0.05) is 20.8 Å². The number of esters is 1. The van der Waals surface area contributed by atoms with Crippen LogP contribution in [0.4, 0.5) is 0 Å². The van der Waals surface area contributed by atoms with Crippen LogP contribution in [0.2, 0.25) is 0 Å². The van der Waals surface area contributed by atoms with Crippen molar-refractivity contribution >= 4 is 5.97 Å². The van der Waals surface area contributed by atoms with E-state index in [0.29, 0.717) is 24.6 Å². The normalized spacial score (nSPS) is 25.6. The molecule has 3 nitrogen and oxygen atoms in total. The average Bonchev–Trinajstić information content (AvgIpc) is 2.26. The van der Waals surface area contributed by atoms with Crippen LogP contribution >= 0.6 is 0 Å². The van der Waals surface area contributed by atoms with E-state index in [4.69, 9.17) is 4.74 Å². The fraction of sp³-hybridized carbons (Fsp3) is 0.929. The van der Waals surface area contributed by atoms with E-state index < -0.39 is 0 Å². The number of hydrogen-bond acceptors (Lipinski definition) is 3. The molecular formula is C14H27NO2. The second-order valence-corrected chi connectivity index (χ2v) is 6.10. The summed E-state index contributed by atoms with van der Waals surface area (Å²) in [5, 5.41) is 3.30. The minimum absolute atomic E-state index is 0.134. The first-order valence-corrected chi connectivity index (χ1v) is 6.82. The Morgan fingerprint density at radius 3 is 2.29 bits per heavy atom. The predicted octanol–water partition coefficient (Wildman–Crippen LogP) is 2.74. The van der Waals surface area contributed by atoms with E-state index in [0.717, 1.165) is 5.92 Å². The molecule has 0 saturated heterocycles. The predicted molar refractivity (Wildman–Crippen MR) is 69.8 cm³/mol. The first-order valence-electron chi connectivity index (χ1n) is 6.82. The number of hydrogen-bond donors (Lipinski definition) is 1. The summed E-state index contributed by atoms with van der Waals surface area (Å²) in [6.07, 6.45) is 4.90. The fourth-order valence-corrected chi connectivity index (χ4v) is 2.60. The zero-order valence-corrected chi connectivity index (χ0v) is 11.7. The third kappa shape index (κ3) is 5.07. The van der Waals surface area contributed by atoms with Crippen LogP contribution in [0, 0.1) is 11.3 Å². The second kappa shape index (κ2) is 6.39. The molecule has 1 aliphatic carbocycles. The van der Waals surface area contributed by atoms with Crippen LogP contribution in [0.15, 0.2) is 0 Å². The quantitative estimate of drug-likeness (QED) is 0.769. The molecule has 0 aromatic carbocycles. The second-order valence-electron chi connectivity index (χ2n) is 6.10. The number of nitrogens with one attached hydrogen (secondary N) is 1. The summed E-state index contributed by atoms with van der Waals surface area (Å²) in [6.45, 7) is 9.64. The van der Waals surface area contributed by atoms with Gasteiger partial charge >= 0.3 is 5.97 Å². The maximum Gasteiger partial charge on any atom is 0.319 e. The molecule has 0 spiro atoms.